The first-order chi connectivity index (χ1) is 12.2. The summed E-state index contributed by atoms with van der Waals surface area (Å²) in [6.45, 7) is 8.74. The minimum Gasteiger partial charge on any atom is -0.376 e. The molecular weight excluding hydrogens is 314 g/mol. The van der Waals surface area contributed by atoms with Crippen molar-refractivity contribution in [1.29, 1.82) is 0 Å². The third-order valence-corrected chi connectivity index (χ3v) is 5.21. The zero-order chi connectivity index (χ0) is 17.6. The van der Waals surface area contributed by atoms with Crippen LogP contribution in [0, 0.1) is 0 Å². The smallest absolute Gasteiger partial charge is 0.253 e. The van der Waals surface area contributed by atoms with Crippen LogP contribution in [0.4, 0.5) is 5.69 Å². The Hall–Kier alpha value is -1.59. The first kappa shape index (κ1) is 18.2. The van der Waals surface area contributed by atoms with Crippen LogP contribution in [-0.4, -0.2) is 74.7 Å². The first-order valence-corrected chi connectivity index (χ1v) is 9.62. The summed E-state index contributed by atoms with van der Waals surface area (Å²) < 4.78 is 5.85. The average molecular weight is 345 g/mol. The molecule has 0 radical (unpaired) electrons. The molecule has 3 rings (SSSR count). The van der Waals surface area contributed by atoms with Crippen molar-refractivity contribution in [1.82, 2.24) is 9.80 Å². The number of nitrogens with zero attached hydrogens (tertiary/aromatic N) is 3. The molecule has 138 valence electrons. The van der Waals surface area contributed by atoms with Crippen LogP contribution in [-0.2, 0) is 4.74 Å². The Labute approximate surface area is 151 Å². The molecule has 0 N–H and O–H groups in total. The Kier molecular flexibility index (Phi) is 6.32. The lowest BCUT2D eigenvalue weighted by Crippen LogP contribution is -2.44. The number of benzene rings is 1. The summed E-state index contributed by atoms with van der Waals surface area (Å²) in [6, 6.07) is 8.14. The lowest BCUT2D eigenvalue weighted by molar-refractivity contribution is 0.00211. The van der Waals surface area contributed by atoms with Gasteiger partial charge in [0.15, 0.2) is 0 Å². The van der Waals surface area contributed by atoms with E-state index in [1.54, 1.807) is 0 Å². The van der Waals surface area contributed by atoms with Crippen LogP contribution in [0.1, 0.15) is 36.5 Å². The number of hydrogen-bond donors (Lipinski definition) is 0. The molecule has 2 saturated heterocycles. The molecular formula is C20H31N3O2. The number of amides is 1. The number of likely N-dealkylation sites (N-methyl/N-ethyl adjacent to an activating group) is 1. The fourth-order valence-corrected chi connectivity index (χ4v) is 3.61. The molecule has 1 aromatic carbocycles. The second-order valence-electron chi connectivity index (χ2n) is 7.22. The topological polar surface area (TPSA) is 36.0 Å². The number of hydrogen-bond acceptors (Lipinski definition) is 4. The molecule has 0 aromatic heterocycles. The van der Waals surface area contributed by atoms with Gasteiger partial charge in [0.25, 0.3) is 5.91 Å². The predicted molar refractivity (Wildman–Crippen MR) is 101 cm³/mol. The van der Waals surface area contributed by atoms with Gasteiger partial charge >= 0.3 is 0 Å². The maximum absolute atomic E-state index is 12.8. The van der Waals surface area contributed by atoms with Gasteiger partial charge in [0.05, 0.1) is 6.10 Å². The third-order valence-electron chi connectivity index (χ3n) is 5.21. The standard InChI is InChI=1S/C20H31N3O2/c1-3-15-25-19-5-4-10-23(16-19)20(24)17-6-8-18(9-7-17)22-13-11-21(2)12-14-22/h6-9,19H,3-5,10-16H2,1-2H3. The molecule has 2 aliphatic heterocycles. The van der Waals surface area contributed by atoms with Crippen LogP contribution in [0.5, 0.6) is 0 Å². The normalized spacial score (nSPS) is 22.2. The maximum Gasteiger partial charge on any atom is 0.253 e. The number of piperazine rings is 1. The third kappa shape index (κ3) is 4.73. The maximum atomic E-state index is 12.8. The average Bonchev–Trinajstić information content (AvgIpc) is 2.67. The molecule has 5 nitrogen and oxygen atoms in total. The summed E-state index contributed by atoms with van der Waals surface area (Å²) >= 11 is 0. The van der Waals surface area contributed by atoms with Crippen molar-refractivity contribution in [3.8, 4) is 0 Å². The number of anilines is 1. The SMILES string of the molecule is CCCOC1CCCN(C(=O)c2ccc(N3CCN(C)CC3)cc2)C1. The van der Waals surface area contributed by atoms with E-state index in [0.29, 0.717) is 0 Å². The second-order valence-corrected chi connectivity index (χ2v) is 7.22. The van der Waals surface area contributed by atoms with Crippen LogP contribution in [0.15, 0.2) is 24.3 Å². The minimum absolute atomic E-state index is 0.134. The predicted octanol–water partition coefficient (Wildman–Crippen LogP) is 2.47. The van der Waals surface area contributed by atoms with Crippen molar-refractivity contribution >= 4 is 11.6 Å². The largest absolute Gasteiger partial charge is 0.376 e. The van der Waals surface area contributed by atoms with Crippen molar-refractivity contribution < 1.29 is 9.53 Å². The van der Waals surface area contributed by atoms with Crippen molar-refractivity contribution in [2.45, 2.75) is 32.3 Å². The first-order valence-electron chi connectivity index (χ1n) is 9.62. The van der Waals surface area contributed by atoms with Gasteiger partial charge in [0.1, 0.15) is 0 Å². The van der Waals surface area contributed by atoms with E-state index in [1.807, 2.05) is 17.0 Å². The van der Waals surface area contributed by atoms with Crippen molar-refractivity contribution in [2.24, 2.45) is 0 Å². The molecule has 1 amide bonds. The molecule has 0 spiro atoms. The van der Waals surface area contributed by atoms with Crippen molar-refractivity contribution in [3.63, 3.8) is 0 Å². The molecule has 2 heterocycles. The second kappa shape index (κ2) is 8.68. The fourth-order valence-electron chi connectivity index (χ4n) is 3.61. The van der Waals surface area contributed by atoms with Gasteiger partial charge in [-0.1, -0.05) is 6.92 Å². The molecule has 1 atom stereocenters. The molecule has 1 unspecified atom stereocenters. The number of rotatable bonds is 5. The van der Waals surface area contributed by atoms with E-state index in [4.69, 9.17) is 4.74 Å². The highest BCUT2D eigenvalue weighted by Gasteiger charge is 2.25. The highest BCUT2D eigenvalue weighted by atomic mass is 16.5. The van der Waals surface area contributed by atoms with E-state index < -0.39 is 0 Å². The Balaban J connectivity index is 1.58. The molecule has 5 heteroatoms. The van der Waals surface area contributed by atoms with Crippen LogP contribution in [0.2, 0.25) is 0 Å². The summed E-state index contributed by atoms with van der Waals surface area (Å²) in [6.07, 6.45) is 3.31. The van der Waals surface area contributed by atoms with E-state index in [-0.39, 0.29) is 12.0 Å². The fraction of sp³-hybridized carbons (Fsp3) is 0.650. The minimum atomic E-state index is 0.134. The number of carbonyl (C=O) groups excluding carboxylic acids is 1. The lowest BCUT2D eigenvalue weighted by Gasteiger charge is -2.34. The van der Waals surface area contributed by atoms with Crippen molar-refractivity contribution in [3.05, 3.63) is 29.8 Å². The Morgan fingerprint density at radius 3 is 2.52 bits per heavy atom. The Morgan fingerprint density at radius 1 is 1.12 bits per heavy atom. The van der Waals surface area contributed by atoms with Gasteiger partial charge in [0.2, 0.25) is 0 Å². The Morgan fingerprint density at radius 2 is 1.84 bits per heavy atom. The number of likely N-dealkylation sites (tertiary alicyclic amines) is 1. The van der Waals surface area contributed by atoms with E-state index >= 15 is 0 Å². The van der Waals surface area contributed by atoms with Crippen LogP contribution in [0.3, 0.4) is 0 Å². The molecule has 0 saturated carbocycles. The molecule has 2 aliphatic rings. The summed E-state index contributed by atoms with van der Waals surface area (Å²) in [4.78, 5) is 19.5. The number of carbonyl (C=O) groups is 1. The summed E-state index contributed by atoms with van der Waals surface area (Å²) in [5.41, 5.74) is 2.00. The van der Waals surface area contributed by atoms with E-state index in [1.165, 1.54) is 5.69 Å². The zero-order valence-corrected chi connectivity index (χ0v) is 15.6. The van der Waals surface area contributed by atoms with Gasteiger partial charge in [-0.3, -0.25) is 4.79 Å². The quantitative estimate of drug-likeness (QED) is 0.821. The Bertz CT molecular complexity index is 553. The highest BCUT2D eigenvalue weighted by Crippen LogP contribution is 2.20. The summed E-state index contributed by atoms with van der Waals surface area (Å²) in [5, 5.41) is 0. The zero-order valence-electron chi connectivity index (χ0n) is 15.6. The molecule has 0 bridgehead atoms. The van der Waals surface area contributed by atoms with Gasteiger partial charge in [-0.2, -0.15) is 0 Å². The molecule has 2 fully saturated rings. The molecule has 25 heavy (non-hydrogen) atoms. The monoisotopic (exact) mass is 345 g/mol. The summed E-state index contributed by atoms with van der Waals surface area (Å²) in [7, 11) is 2.16. The van der Waals surface area contributed by atoms with Crippen LogP contribution < -0.4 is 4.90 Å². The number of ether oxygens (including phenoxy) is 1. The van der Waals surface area contributed by atoms with Crippen LogP contribution >= 0.6 is 0 Å². The van der Waals surface area contributed by atoms with E-state index in [9.17, 15) is 4.79 Å². The van der Waals surface area contributed by atoms with E-state index in [0.717, 1.165) is 70.7 Å². The van der Waals surface area contributed by atoms with Gasteiger partial charge in [0, 0.05) is 57.1 Å². The molecule has 1 aromatic rings. The van der Waals surface area contributed by atoms with Crippen molar-refractivity contribution in [2.75, 3.05) is 57.8 Å². The van der Waals surface area contributed by atoms with Gasteiger partial charge in [-0.05, 0) is 50.6 Å². The van der Waals surface area contributed by atoms with Gasteiger partial charge in [-0.15, -0.1) is 0 Å². The molecule has 0 aliphatic carbocycles. The summed E-state index contributed by atoms with van der Waals surface area (Å²) in [5.74, 6) is 0.134. The van der Waals surface area contributed by atoms with Gasteiger partial charge < -0.3 is 19.4 Å². The highest BCUT2D eigenvalue weighted by molar-refractivity contribution is 5.94. The van der Waals surface area contributed by atoms with Crippen LogP contribution in [0.25, 0.3) is 0 Å². The lowest BCUT2D eigenvalue weighted by atomic mass is 10.1. The number of piperidine rings is 1. The van der Waals surface area contributed by atoms with E-state index in [2.05, 4.69) is 35.9 Å². The van der Waals surface area contributed by atoms with Gasteiger partial charge in [-0.25, -0.2) is 0 Å².